The molecule has 0 aliphatic rings. The van der Waals surface area contributed by atoms with E-state index in [4.69, 9.17) is 11.6 Å². The second-order valence-corrected chi connectivity index (χ2v) is 9.11. The van der Waals surface area contributed by atoms with E-state index in [1.807, 2.05) is 32.9 Å². The van der Waals surface area contributed by atoms with Crippen LogP contribution in [0.1, 0.15) is 30.0 Å². The number of rotatable bonds is 6. The van der Waals surface area contributed by atoms with Crippen LogP contribution >= 0.6 is 11.6 Å². The number of carbonyl (C=O) groups is 1. The quantitative estimate of drug-likeness (QED) is 0.734. The first kappa shape index (κ1) is 22.2. The molecule has 2 aromatic carbocycles. The van der Waals surface area contributed by atoms with E-state index in [1.54, 1.807) is 6.92 Å². The van der Waals surface area contributed by atoms with Gasteiger partial charge in [0.25, 0.3) is 0 Å². The molecule has 1 N–H and O–H groups in total. The lowest BCUT2D eigenvalue weighted by Crippen LogP contribution is -2.47. The first-order chi connectivity index (χ1) is 13.0. The van der Waals surface area contributed by atoms with E-state index in [2.05, 4.69) is 5.32 Å². The first-order valence-electron chi connectivity index (χ1n) is 8.78. The Kier molecular flexibility index (Phi) is 6.72. The van der Waals surface area contributed by atoms with Gasteiger partial charge in [0.15, 0.2) is 0 Å². The van der Waals surface area contributed by atoms with Crippen molar-refractivity contribution < 1.29 is 17.6 Å². The summed E-state index contributed by atoms with van der Waals surface area (Å²) in [5.41, 5.74) is 3.62. The summed E-state index contributed by atoms with van der Waals surface area (Å²) in [6.45, 7) is 7.43. The third-order valence-electron chi connectivity index (χ3n) is 4.41. The molecule has 0 spiro atoms. The maximum atomic E-state index is 13.5. The maximum Gasteiger partial charge on any atom is 0.248 e. The van der Waals surface area contributed by atoms with Gasteiger partial charge < -0.3 is 5.32 Å². The van der Waals surface area contributed by atoms with Crippen LogP contribution in [-0.2, 0) is 14.8 Å². The summed E-state index contributed by atoms with van der Waals surface area (Å²) in [5, 5.41) is 2.64. The lowest BCUT2D eigenvalue weighted by molar-refractivity contribution is -0.117. The van der Waals surface area contributed by atoms with Crippen molar-refractivity contribution in [2.24, 2.45) is 0 Å². The highest BCUT2D eigenvalue weighted by atomic mass is 35.5. The van der Waals surface area contributed by atoms with Crippen LogP contribution in [0, 0.1) is 26.6 Å². The summed E-state index contributed by atoms with van der Waals surface area (Å²) in [6.07, 6.45) is 1.22. The normalized spacial score (nSPS) is 12.5. The SMILES string of the molecule is CC[C@H](C(=O)Nc1c(C)cc(C)cc1C)N(c1ccc(F)c(Cl)c1)S(C)(=O)=O. The lowest BCUT2D eigenvalue weighted by Gasteiger charge is -2.30. The van der Waals surface area contributed by atoms with Crippen LogP contribution in [-0.4, -0.2) is 26.6 Å². The van der Waals surface area contributed by atoms with Crippen molar-refractivity contribution in [2.45, 2.75) is 40.2 Å². The Morgan fingerprint density at radius 2 is 1.75 bits per heavy atom. The molecule has 0 radical (unpaired) electrons. The third-order valence-corrected chi connectivity index (χ3v) is 5.88. The van der Waals surface area contributed by atoms with E-state index in [0.717, 1.165) is 33.3 Å². The fourth-order valence-electron chi connectivity index (χ4n) is 3.27. The van der Waals surface area contributed by atoms with Gasteiger partial charge in [0.2, 0.25) is 15.9 Å². The van der Waals surface area contributed by atoms with Crippen LogP contribution in [0.4, 0.5) is 15.8 Å². The number of anilines is 2. The third kappa shape index (κ3) is 4.83. The zero-order valence-electron chi connectivity index (χ0n) is 16.5. The molecule has 28 heavy (non-hydrogen) atoms. The molecule has 0 bridgehead atoms. The van der Waals surface area contributed by atoms with Gasteiger partial charge in [-0.25, -0.2) is 12.8 Å². The Morgan fingerprint density at radius 3 is 2.21 bits per heavy atom. The smallest absolute Gasteiger partial charge is 0.248 e. The van der Waals surface area contributed by atoms with Crippen molar-refractivity contribution in [3.63, 3.8) is 0 Å². The number of amides is 1. The number of nitrogens with zero attached hydrogens (tertiary/aromatic N) is 1. The second kappa shape index (κ2) is 8.49. The number of nitrogens with one attached hydrogen (secondary N) is 1. The zero-order chi connectivity index (χ0) is 21.2. The molecule has 0 aromatic heterocycles. The van der Waals surface area contributed by atoms with Crippen LogP contribution in [0.5, 0.6) is 0 Å². The van der Waals surface area contributed by atoms with Gasteiger partial charge in [0.1, 0.15) is 11.9 Å². The molecule has 5 nitrogen and oxygen atoms in total. The highest BCUT2D eigenvalue weighted by Crippen LogP contribution is 2.28. The Hall–Kier alpha value is -2.12. The number of halogens is 2. The molecule has 0 heterocycles. The fourth-order valence-corrected chi connectivity index (χ4v) is 4.64. The minimum absolute atomic E-state index is 0.133. The Morgan fingerprint density at radius 1 is 1.18 bits per heavy atom. The van der Waals surface area contributed by atoms with E-state index in [9.17, 15) is 17.6 Å². The summed E-state index contributed by atoms with van der Waals surface area (Å²) in [6, 6.07) is 6.44. The fraction of sp³-hybridized carbons (Fsp3) is 0.350. The number of benzene rings is 2. The number of sulfonamides is 1. The summed E-state index contributed by atoms with van der Waals surface area (Å²) >= 11 is 5.82. The average Bonchev–Trinajstić information content (AvgIpc) is 2.57. The van der Waals surface area contributed by atoms with Crippen molar-refractivity contribution in [1.82, 2.24) is 0 Å². The molecule has 0 fully saturated rings. The molecule has 2 aromatic rings. The predicted molar refractivity (Wildman–Crippen MR) is 112 cm³/mol. The van der Waals surface area contributed by atoms with E-state index in [-0.39, 0.29) is 17.1 Å². The van der Waals surface area contributed by atoms with Crippen molar-refractivity contribution in [3.05, 3.63) is 57.9 Å². The molecule has 0 aliphatic heterocycles. The number of carbonyl (C=O) groups excluding carboxylic acids is 1. The Bertz CT molecular complexity index is 986. The number of hydrogen-bond donors (Lipinski definition) is 1. The van der Waals surface area contributed by atoms with Gasteiger partial charge in [-0.15, -0.1) is 0 Å². The molecule has 2 rings (SSSR count). The van der Waals surface area contributed by atoms with Crippen molar-refractivity contribution in [2.75, 3.05) is 15.9 Å². The molecule has 1 atom stereocenters. The highest BCUT2D eigenvalue weighted by Gasteiger charge is 2.32. The molecular weight excluding hydrogens is 403 g/mol. The minimum Gasteiger partial charge on any atom is -0.324 e. The van der Waals surface area contributed by atoms with Crippen molar-refractivity contribution in [3.8, 4) is 0 Å². The molecule has 0 unspecified atom stereocenters. The van der Waals surface area contributed by atoms with Crippen molar-refractivity contribution in [1.29, 1.82) is 0 Å². The first-order valence-corrected chi connectivity index (χ1v) is 11.0. The monoisotopic (exact) mass is 426 g/mol. The second-order valence-electron chi connectivity index (χ2n) is 6.84. The minimum atomic E-state index is -3.83. The number of aryl methyl sites for hydroxylation is 3. The van der Waals surface area contributed by atoms with Gasteiger partial charge in [-0.1, -0.05) is 36.2 Å². The summed E-state index contributed by atoms with van der Waals surface area (Å²) < 4.78 is 39.5. The molecule has 0 saturated heterocycles. The largest absolute Gasteiger partial charge is 0.324 e. The van der Waals surface area contributed by atoms with Crippen LogP contribution < -0.4 is 9.62 Å². The molecule has 1 amide bonds. The highest BCUT2D eigenvalue weighted by molar-refractivity contribution is 7.92. The van der Waals surface area contributed by atoms with Crippen LogP contribution in [0.25, 0.3) is 0 Å². The van der Waals surface area contributed by atoms with Gasteiger partial charge in [-0.3, -0.25) is 9.10 Å². The van der Waals surface area contributed by atoms with Crippen LogP contribution in [0.3, 0.4) is 0 Å². The topological polar surface area (TPSA) is 66.5 Å². The zero-order valence-corrected chi connectivity index (χ0v) is 18.1. The van der Waals surface area contributed by atoms with Gasteiger partial charge in [0, 0.05) is 5.69 Å². The summed E-state index contributed by atoms with van der Waals surface area (Å²) in [5.74, 6) is -1.13. The standard InChI is InChI=1S/C20H24ClFN2O3S/c1-6-18(20(25)23-19-13(3)9-12(2)10-14(19)4)24(28(5,26)27)15-7-8-17(22)16(21)11-15/h7-11,18H,6H2,1-5H3,(H,23,25)/t18-/m1/s1. The van der Waals surface area contributed by atoms with E-state index < -0.39 is 27.8 Å². The summed E-state index contributed by atoms with van der Waals surface area (Å²) in [7, 11) is -3.83. The van der Waals surface area contributed by atoms with Gasteiger partial charge in [-0.2, -0.15) is 0 Å². The van der Waals surface area contributed by atoms with Gasteiger partial charge in [-0.05, 0) is 56.5 Å². The van der Waals surface area contributed by atoms with Crippen LogP contribution in [0.2, 0.25) is 5.02 Å². The van der Waals surface area contributed by atoms with Gasteiger partial charge in [0.05, 0.1) is 17.0 Å². The summed E-state index contributed by atoms with van der Waals surface area (Å²) in [4.78, 5) is 13.0. The molecular formula is C20H24ClFN2O3S. The lowest BCUT2D eigenvalue weighted by atomic mass is 10.0. The predicted octanol–water partition coefficient (Wildman–Crippen LogP) is 4.59. The molecule has 0 saturated carbocycles. The Balaban J connectivity index is 2.46. The average molecular weight is 427 g/mol. The van der Waals surface area contributed by atoms with E-state index in [1.165, 1.54) is 12.1 Å². The van der Waals surface area contributed by atoms with E-state index >= 15 is 0 Å². The molecule has 152 valence electrons. The Labute approximate surface area is 170 Å². The van der Waals surface area contributed by atoms with Crippen molar-refractivity contribution >= 4 is 38.9 Å². The molecule has 0 aliphatic carbocycles. The number of hydrogen-bond acceptors (Lipinski definition) is 3. The maximum absolute atomic E-state index is 13.5. The molecule has 8 heteroatoms. The van der Waals surface area contributed by atoms with Crippen LogP contribution in [0.15, 0.2) is 30.3 Å². The van der Waals surface area contributed by atoms with Gasteiger partial charge >= 0.3 is 0 Å². The van der Waals surface area contributed by atoms with E-state index in [0.29, 0.717) is 5.69 Å².